The normalized spacial score (nSPS) is 12.3. The molecule has 0 bridgehead atoms. The first-order chi connectivity index (χ1) is 9.24. The van der Waals surface area contributed by atoms with Gasteiger partial charge < -0.3 is 0 Å². The topological polar surface area (TPSA) is 49.4 Å². The van der Waals surface area contributed by atoms with Crippen molar-refractivity contribution in [3.63, 3.8) is 0 Å². The number of hydrogen-bond acceptors (Lipinski definition) is 2. The van der Waals surface area contributed by atoms with Crippen molar-refractivity contribution < 1.29 is 12.8 Å². The molecule has 0 heterocycles. The first kappa shape index (κ1) is 17.4. The predicted octanol–water partition coefficient (Wildman–Crippen LogP) is 2.79. The Labute approximate surface area is 125 Å². The van der Waals surface area contributed by atoms with Crippen LogP contribution in [0.2, 0.25) is 5.02 Å². The molecule has 0 unspecified atom stereocenters. The standard InChI is InChI=1S/C13H20ClFN2O2S/c1-10(2)7-8-16-20(18,19)17(3)9-11-12(14)5-4-6-13(11)15/h4-6,10,16H,7-9H2,1-3H3. The second-order valence-electron chi connectivity index (χ2n) is 5.04. The summed E-state index contributed by atoms with van der Waals surface area (Å²) >= 11 is 5.89. The summed E-state index contributed by atoms with van der Waals surface area (Å²) in [4.78, 5) is 0. The van der Waals surface area contributed by atoms with Crippen LogP contribution in [0.1, 0.15) is 25.8 Å². The Morgan fingerprint density at radius 2 is 2.05 bits per heavy atom. The Bertz CT molecular complexity index is 529. The highest BCUT2D eigenvalue weighted by molar-refractivity contribution is 7.87. The van der Waals surface area contributed by atoms with Crippen LogP contribution in [0, 0.1) is 11.7 Å². The third-order valence-corrected chi connectivity index (χ3v) is 4.73. The molecule has 1 N–H and O–H groups in total. The van der Waals surface area contributed by atoms with E-state index in [1.807, 2.05) is 13.8 Å². The van der Waals surface area contributed by atoms with E-state index >= 15 is 0 Å². The van der Waals surface area contributed by atoms with Crippen LogP contribution in [0.15, 0.2) is 18.2 Å². The van der Waals surface area contributed by atoms with Gasteiger partial charge in [0.15, 0.2) is 0 Å². The van der Waals surface area contributed by atoms with Crippen LogP contribution < -0.4 is 4.72 Å². The Balaban J connectivity index is 2.72. The molecular formula is C13H20ClFN2O2S. The maximum absolute atomic E-state index is 13.6. The van der Waals surface area contributed by atoms with Gasteiger partial charge in [-0.05, 0) is 24.5 Å². The minimum atomic E-state index is -3.63. The molecule has 0 atom stereocenters. The SMILES string of the molecule is CC(C)CCNS(=O)(=O)N(C)Cc1c(F)cccc1Cl. The Morgan fingerprint density at radius 3 is 2.60 bits per heavy atom. The van der Waals surface area contributed by atoms with Crippen LogP contribution in [0.3, 0.4) is 0 Å². The lowest BCUT2D eigenvalue weighted by Gasteiger charge is -2.19. The van der Waals surface area contributed by atoms with Crippen LogP contribution >= 0.6 is 11.6 Å². The van der Waals surface area contributed by atoms with Crippen molar-refractivity contribution in [2.24, 2.45) is 5.92 Å². The molecule has 0 spiro atoms. The Kier molecular flexibility index (Phi) is 6.39. The number of rotatable bonds is 7. The lowest BCUT2D eigenvalue weighted by atomic mass is 10.1. The van der Waals surface area contributed by atoms with Gasteiger partial charge in [0.25, 0.3) is 10.2 Å². The van der Waals surface area contributed by atoms with Crippen molar-refractivity contribution in [2.45, 2.75) is 26.8 Å². The van der Waals surface area contributed by atoms with Gasteiger partial charge in [0, 0.05) is 30.7 Å². The Hall–Kier alpha value is -0.690. The van der Waals surface area contributed by atoms with Crippen molar-refractivity contribution >= 4 is 21.8 Å². The van der Waals surface area contributed by atoms with Gasteiger partial charge >= 0.3 is 0 Å². The van der Waals surface area contributed by atoms with Gasteiger partial charge in [0.1, 0.15) is 5.82 Å². The fourth-order valence-corrected chi connectivity index (χ4v) is 2.70. The van der Waals surface area contributed by atoms with Crippen LogP contribution in [0.4, 0.5) is 4.39 Å². The maximum atomic E-state index is 13.6. The van der Waals surface area contributed by atoms with Gasteiger partial charge in [-0.3, -0.25) is 0 Å². The van der Waals surface area contributed by atoms with E-state index in [9.17, 15) is 12.8 Å². The summed E-state index contributed by atoms with van der Waals surface area (Å²) in [7, 11) is -2.24. The number of halogens is 2. The number of nitrogens with zero attached hydrogens (tertiary/aromatic N) is 1. The molecule has 0 fully saturated rings. The molecule has 0 saturated heterocycles. The number of hydrogen-bond donors (Lipinski definition) is 1. The fourth-order valence-electron chi connectivity index (χ4n) is 1.58. The zero-order valence-corrected chi connectivity index (χ0v) is 13.4. The van der Waals surface area contributed by atoms with E-state index in [2.05, 4.69) is 4.72 Å². The lowest BCUT2D eigenvalue weighted by Crippen LogP contribution is -2.38. The van der Waals surface area contributed by atoms with Crippen LogP contribution in [0.5, 0.6) is 0 Å². The summed E-state index contributed by atoms with van der Waals surface area (Å²) in [6.45, 7) is 4.27. The van der Waals surface area contributed by atoms with Gasteiger partial charge in [-0.2, -0.15) is 12.7 Å². The molecule has 114 valence electrons. The first-order valence-electron chi connectivity index (χ1n) is 6.38. The van der Waals surface area contributed by atoms with E-state index in [1.165, 1.54) is 25.2 Å². The van der Waals surface area contributed by atoms with E-state index in [0.717, 1.165) is 10.7 Å². The fraction of sp³-hybridized carbons (Fsp3) is 0.538. The zero-order valence-electron chi connectivity index (χ0n) is 11.9. The summed E-state index contributed by atoms with van der Waals surface area (Å²) < 4.78 is 41.1. The number of benzene rings is 1. The summed E-state index contributed by atoms with van der Waals surface area (Å²) in [5.74, 6) is -0.106. The second-order valence-corrected chi connectivity index (χ2v) is 7.31. The van der Waals surface area contributed by atoms with Gasteiger partial charge in [-0.15, -0.1) is 0 Å². The molecule has 0 aliphatic rings. The lowest BCUT2D eigenvalue weighted by molar-refractivity contribution is 0.442. The number of nitrogens with one attached hydrogen (secondary N) is 1. The summed E-state index contributed by atoms with van der Waals surface area (Å²) in [5, 5.41) is 0.217. The Morgan fingerprint density at radius 1 is 1.40 bits per heavy atom. The van der Waals surface area contributed by atoms with Crippen molar-refractivity contribution in [2.75, 3.05) is 13.6 Å². The van der Waals surface area contributed by atoms with Crippen LogP contribution in [-0.4, -0.2) is 26.3 Å². The van der Waals surface area contributed by atoms with E-state index in [0.29, 0.717) is 12.5 Å². The van der Waals surface area contributed by atoms with Crippen LogP contribution in [-0.2, 0) is 16.8 Å². The third-order valence-electron chi connectivity index (χ3n) is 2.86. The average molecular weight is 323 g/mol. The van der Waals surface area contributed by atoms with Crippen LogP contribution in [0.25, 0.3) is 0 Å². The third kappa shape index (κ3) is 5.01. The predicted molar refractivity (Wildman–Crippen MR) is 79.3 cm³/mol. The maximum Gasteiger partial charge on any atom is 0.279 e. The summed E-state index contributed by atoms with van der Waals surface area (Å²) in [6.07, 6.45) is 0.744. The molecule has 0 saturated carbocycles. The molecule has 20 heavy (non-hydrogen) atoms. The van der Waals surface area contributed by atoms with Crippen molar-refractivity contribution in [3.8, 4) is 0 Å². The zero-order chi connectivity index (χ0) is 15.3. The average Bonchev–Trinajstić information content (AvgIpc) is 2.33. The molecule has 0 aliphatic carbocycles. The molecule has 1 rings (SSSR count). The second kappa shape index (κ2) is 7.36. The van der Waals surface area contributed by atoms with Crippen molar-refractivity contribution in [1.82, 2.24) is 9.03 Å². The van der Waals surface area contributed by atoms with Crippen molar-refractivity contribution in [1.29, 1.82) is 0 Å². The quantitative estimate of drug-likeness (QED) is 0.839. The molecular weight excluding hydrogens is 303 g/mol. The highest BCUT2D eigenvalue weighted by Gasteiger charge is 2.20. The smallest absolute Gasteiger partial charge is 0.207 e. The first-order valence-corrected chi connectivity index (χ1v) is 8.19. The molecule has 0 amide bonds. The van der Waals surface area contributed by atoms with E-state index in [4.69, 9.17) is 11.6 Å². The van der Waals surface area contributed by atoms with E-state index in [-0.39, 0.29) is 17.1 Å². The molecule has 1 aromatic rings. The van der Waals surface area contributed by atoms with E-state index < -0.39 is 16.0 Å². The highest BCUT2D eigenvalue weighted by Crippen LogP contribution is 2.21. The molecule has 0 aromatic heterocycles. The van der Waals surface area contributed by atoms with Crippen molar-refractivity contribution in [3.05, 3.63) is 34.6 Å². The van der Waals surface area contributed by atoms with Gasteiger partial charge in [0.2, 0.25) is 0 Å². The summed E-state index contributed by atoms with van der Waals surface area (Å²) in [6, 6.07) is 4.27. The molecule has 0 radical (unpaired) electrons. The minimum Gasteiger partial charge on any atom is -0.207 e. The van der Waals surface area contributed by atoms with E-state index in [1.54, 1.807) is 0 Å². The molecule has 1 aromatic carbocycles. The van der Waals surface area contributed by atoms with Gasteiger partial charge in [-0.1, -0.05) is 31.5 Å². The minimum absolute atomic E-state index is 0.109. The monoisotopic (exact) mass is 322 g/mol. The van der Waals surface area contributed by atoms with Gasteiger partial charge in [-0.25, -0.2) is 9.11 Å². The molecule has 0 aliphatic heterocycles. The molecule has 7 heteroatoms. The highest BCUT2D eigenvalue weighted by atomic mass is 35.5. The summed E-state index contributed by atoms with van der Waals surface area (Å²) in [5.41, 5.74) is 0.172. The van der Waals surface area contributed by atoms with Gasteiger partial charge in [0.05, 0.1) is 0 Å². The largest absolute Gasteiger partial charge is 0.279 e. The molecule has 4 nitrogen and oxygen atoms in total.